The van der Waals surface area contributed by atoms with Crippen molar-refractivity contribution in [1.29, 1.82) is 0 Å². The topological polar surface area (TPSA) is 3.24 Å². The molecule has 0 amide bonds. The second-order valence-electron chi connectivity index (χ2n) is 6.29. The number of piperidine rings is 1. The molecule has 0 aliphatic carbocycles. The fourth-order valence-corrected chi connectivity index (χ4v) is 3.66. The quantitative estimate of drug-likeness (QED) is 0.731. The van der Waals surface area contributed by atoms with Crippen molar-refractivity contribution >= 4 is 0 Å². The Labute approximate surface area is 119 Å². The average Bonchev–Trinajstić information content (AvgIpc) is 2.48. The van der Waals surface area contributed by atoms with Gasteiger partial charge >= 0.3 is 0 Å². The Morgan fingerprint density at radius 3 is 2.32 bits per heavy atom. The van der Waals surface area contributed by atoms with Crippen LogP contribution in [0, 0.1) is 0 Å². The van der Waals surface area contributed by atoms with Gasteiger partial charge in [0.1, 0.15) is 0 Å². The largest absolute Gasteiger partial charge is 0.297 e. The maximum absolute atomic E-state index is 2.76. The number of hydrogen-bond acceptors (Lipinski definition) is 1. The predicted octanol–water partition coefficient (Wildman–Crippen LogP) is 4.83. The third-order valence-electron chi connectivity index (χ3n) is 5.07. The SMILES string of the molecule is CCCC(C)(C(C)c1ccccc1)N1CCCCC1. The van der Waals surface area contributed by atoms with Crippen molar-refractivity contribution in [3.8, 4) is 0 Å². The van der Waals surface area contributed by atoms with Crippen LogP contribution in [0.2, 0.25) is 0 Å². The van der Waals surface area contributed by atoms with Gasteiger partial charge in [-0.05, 0) is 50.8 Å². The zero-order chi connectivity index (χ0) is 13.7. The van der Waals surface area contributed by atoms with Gasteiger partial charge in [-0.3, -0.25) is 4.90 Å². The molecule has 106 valence electrons. The van der Waals surface area contributed by atoms with Gasteiger partial charge in [-0.15, -0.1) is 0 Å². The van der Waals surface area contributed by atoms with Gasteiger partial charge in [0.2, 0.25) is 0 Å². The maximum Gasteiger partial charge on any atom is 0.0247 e. The zero-order valence-corrected chi connectivity index (χ0v) is 12.9. The summed E-state index contributed by atoms with van der Waals surface area (Å²) in [6.07, 6.45) is 6.73. The number of hydrogen-bond donors (Lipinski definition) is 0. The molecule has 2 unspecified atom stereocenters. The molecule has 1 heteroatoms. The van der Waals surface area contributed by atoms with Crippen LogP contribution in [0.5, 0.6) is 0 Å². The van der Waals surface area contributed by atoms with Gasteiger partial charge in [0.15, 0.2) is 0 Å². The summed E-state index contributed by atoms with van der Waals surface area (Å²) in [6, 6.07) is 11.1. The first-order valence-corrected chi connectivity index (χ1v) is 7.98. The number of nitrogens with zero attached hydrogens (tertiary/aromatic N) is 1. The first-order chi connectivity index (χ1) is 9.18. The fourth-order valence-electron chi connectivity index (χ4n) is 3.66. The van der Waals surface area contributed by atoms with Crippen LogP contribution in [-0.2, 0) is 0 Å². The van der Waals surface area contributed by atoms with Crippen LogP contribution in [0.25, 0.3) is 0 Å². The van der Waals surface area contributed by atoms with Crippen molar-refractivity contribution in [3.63, 3.8) is 0 Å². The van der Waals surface area contributed by atoms with Crippen molar-refractivity contribution in [2.45, 2.75) is 64.3 Å². The summed E-state index contributed by atoms with van der Waals surface area (Å²) >= 11 is 0. The minimum absolute atomic E-state index is 0.316. The molecule has 0 spiro atoms. The van der Waals surface area contributed by atoms with Gasteiger partial charge in [-0.25, -0.2) is 0 Å². The highest BCUT2D eigenvalue weighted by atomic mass is 15.2. The lowest BCUT2D eigenvalue weighted by molar-refractivity contribution is 0.0529. The Balaban J connectivity index is 2.22. The second kappa shape index (κ2) is 6.56. The minimum Gasteiger partial charge on any atom is -0.297 e. The van der Waals surface area contributed by atoms with Crippen LogP contribution in [0.1, 0.15) is 64.4 Å². The molecule has 2 rings (SSSR count). The summed E-state index contributed by atoms with van der Waals surface area (Å²) in [7, 11) is 0. The molecule has 1 aromatic carbocycles. The van der Waals surface area contributed by atoms with Gasteiger partial charge < -0.3 is 0 Å². The van der Waals surface area contributed by atoms with E-state index in [1.807, 2.05) is 0 Å². The highest BCUT2D eigenvalue weighted by molar-refractivity contribution is 5.23. The molecule has 1 heterocycles. The highest BCUT2D eigenvalue weighted by Crippen LogP contribution is 2.38. The maximum atomic E-state index is 2.76. The van der Waals surface area contributed by atoms with Crippen LogP contribution in [0.4, 0.5) is 0 Å². The van der Waals surface area contributed by atoms with E-state index in [0.717, 1.165) is 0 Å². The standard InChI is InChI=1S/C18H29N/c1-4-13-18(3,19-14-9-6-10-15-19)16(2)17-11-7-5-8-12-17/h5,7-8,11-12,16H,4,6,9-10,13-15H2,1-3H3. The lowest BCUT2D eigenvalue weighted by Gasteiger charge is -2.47. The third-order valence-corrected chi connectivity index (χ3v) is 5.07. The summed E-state index contributed by atoms with van der Waals surface area (Å²) < 4.78 is 0. The first kappa shape index (κ1) is 14.6. The van der Waals surface area contributed by atoms with E-state index in [1.165, 1.54) is 50.8 Å². The Hall–Kier alpha value is -0.820. The summed E-state index contributed by atoms with van der Waals surface area (Å²) in [5.41, 5.74) is 1.81. The van der Waals surface area contributed by atoms with Crippen molar-refractivity contribution in [1.82, 2.24) is 4.90 Å². The van der Waals surface area contributed by atoms with Crippen LogP contribution in [0.3, 0.4) is 0 Å². The lowest BCUT2D eigenvalue weighted by Crippen LogP contribution is -2.52. The molecule has 1 saturated heterocycles. The average molecular weight is 259 g/mol. The monoisotopic (exact) mass is 259 g/mol. The molecule has 2 atom stereocenters. The molecule has 1 aromatic rings. The molecular formula is C18H29N. The van der Waals surface area contributed by atoms with Gasteiger partial charge in [-0.2, -0.15) is 0 Å². The molecule has 1 aliphatic heterocycles. The van der Waals surface area contributed by atoms with E-state index in [2.05, 4.69) is 56.0 Å². The lowest BCUT2D eigenvalue weighted by atomic mass is 9.76. The summed E-state index contributed by atoms with van der Waals surface area (Å²) in [5.74, 6) is 0.603. The molecule has 0 N–H and O–H groups in total. The number of rotatable bonds is 5. The van der Waals surface area contributed by atoms with E-state index in [0.29, 0.717) is 11.5 Å². The van der Waals surface area contributed by atoms with E-state index in [9.17, 15) is 0 Å². The molecule has 19 heavy (non-hydrogen) atoms. The molecule has 1 aliphatic rings. The molecular weight excluding hydrogens is 230 g/mol. The fraction of sp³-hybridized carbons (Fsp3) is 0.667. The van der Waals surface area contributed by atoms with Crippen LogP contribution in [-0.4, -0.2) is 23.5 Å². The van der Waals surface area contributed by atoms with Crippen molar-refractivity contribution in [2.75, 3.05) is 13.1 Å². The van der Waals surface area contributed by atoms with Crippen molar-refractivity contribution in [3.05, 3.63) is 35.9 Å². The summed E-state index contributed by atoms with van der Waals surface area (Å²) in [5, 5.41) is 0. The molecule has 0 aromatic heterocycles. The molecule has 1 nitrogen and oxygen atoms in total. The minimum atomic E-state index is 0.316. The Kier molecular flexibility index (Phi) is 5.04. The molecule has 1 fully saturated rings. The predicted molar refractivity (Wildman–Crippen MR) is 83.6 cm³/mol. The number of likely N-dealkylation sites (tertiary alicyclic amines) is 1. The number of benzene rings is 1. The Morgan fingerprint density at radius 1 is 1.11 bits per heavy atom. The normalized spacial score (nSPS) is 21.8. The van der Waals surface area contributed by atoms with Crippen molar-refractivity contribution in [2.24, 2.45) is 0 Å². The first-order valence-electron chi connectivity index (χ1n) is 7.98. The molecule has 0 saturated carbocycles. The van der Waals surface area contributed by atoms with E-state index in [-0.39, 0.29) is 0 Å². The van der Waals surface area contributed by atoms with Crippen LogP contribution < -0.4 is 0 Å². The van der Waals surface area contributed by atoms with E-state index < -0.39 is 0 Å². The highest BCUT2D eigenvalue weighted by Gasteiger charge is 2.37. The van der Waals surface area contributed by atoms with Crippen LogP contribution >= 0.6 is 0 Å². The van der Waals surface area contributed by atoms with Crippen LogP contribution in [0.15, 0.2) is 30.3 Å². The summed E-state index contributed by atoms with van der Waals surface area (Å²) in [4.78, 5) is 2.76. The summed E-state index contributed by atoms with van der Waals surface area (Å²) in [6.45, 7) is 9.79. The van der Waals surface area contributed by atoms with Gasteiger partial charge in [-0.1, -0.05) is 57.0 Å². The molecule has 0 radical (unpaired) electrons. The zero-order valence-electron chi connectivity index (χ0n) is 12.9. The van der Waals surface area contributed by atoms with Gasteiger partial charge in [0, 0.05) is 5.54 Å². The third kappa shape index (κ3) is 3.20. The van der Waals surface area contributed by atoms with Gasteiger partial charge in [0.25, 0.3) is 0 Å². The molecule has 0 bridgehead atoms. The smallest absolute Gasteiger partial charge is 0.0247 e. The Bertz CT molecular complexity index is 367. The van der Waals surface area contributed by atoms with Crippen molar-refractivity contribution < 1.29 is 0 Å². The second-order valence-corrected chi connectivity index (χ2v) is 6.29. The van der Waals surface area contributed by atoms with E-state index in [4.69, 9.17) is 0 Å². The van der Waals surface area contributed by atoms with E-state index >= 15 is 0 Å². The Morgan fingerprint density at radius 2 is 1.74 bits per heavy atom. The van der Waals surface area contributed by atoms with Gasteiger partial charge in [0.05, 0.1) is 0 Å². The van der Waals surface area contributed by atoms with E-state index in [1.54, 1.807) is 0 Å².